The van der Waals surface area contributed by atoms with Gasteiger partial charge in [0, 0.05) is 24.6 Å². The summed E-state index contributed by atoms with van der Waals surface area (Å²) in [4.78, 5) is 34.3. The molecule has 0 unspecified atom stereocenters. The van der Waals surface area contributed by atoms with E-state index >= 15 is 0 Å². The molecule has 0 aliphatic carbocycles. The van der Waals surface area contributed by atoms with Crippen molar-refractivity contribution in [2.45, 2.75) is 6.42 Å². The second-order valence-corrected chi connectivity index (χ2v) is 5.50. The maximum Gasteiger partial charge on any atom is 0.343 e. The summed E-state index contributed by atoms with van der Waals surface area (Å²) in [6, 6.07) is 10.1. The van der Waals surface area contributed by atoms with Gasteiger partial charge in [0.1, 0.15) is 22.7 Å². The number of nitrogens with zero attached hydrogens (tertiary/aromatic N) is 1. The average Bonchev–Trinajstić information content (AvgIpc) is 2.61. The lowest BCUT2D eigenvalue weighted by Gasteiger charge is -2.08. The van der Waals surface area contributed by atoms with Crippen molar-refractivity contribution in [1.29, 1.82) is 0 Å². The largest absolute Gasteiger partial charge is 0.497 e. The van der Waals surface area contributed by atoms with E-state index in [9.17, 15) is 24.8 Å². The molecule has 8 nitrogen and oxygen atoms in total. The number of carboxylic acids is 1. The van der Waals surface area contributed by atoms with Crippen LogP contribution in [0.2, 0.25) is 0 Å². The van der Waals surface area contributed by atoms with E-state index in [2.05, 4.69) is 0 Å². The lowest BCUT2D eigenvalue weighted by molar-refractivity contribution is -0.384. The number of hydrogen-bond donors (Lipinski definition) is 1. The van der Waals surface area contributed by atoms with Crippen LogP contribution >= 0.6 is 0 Å². The van der Waals surface area contributed by atoms with Crippen molar-refractivity contribution < 1.29 is 24.0 Å². The molecule has 0 fully saturated rings. The molecule has 1 N–H and O–H groups in total. The Balaban J connectivity index is 2.13. The molecular formula is C18H13NO7. The van der Waals surface area contributed by atoms with Crippen molar-refractivity contribution in [2.24, 2.45) is 0 Å². The number of methoxy groups -OCH3 is 1. The van der Waals surface area contributed by atoms with Crippen LogP contribution in [-0.4, -0.2) is 23.1 Å². The summed E-state index contributed by atoms with van der Waals surface area (Å²) in [6.45, 7) is 0. The molecule has 2 aromatic carbocycles. The minimum Gasteiger partial charge on any atom is -0.497 e. The normalized spacial score (nSPS) is 10.7. The van der Waals surface area contributed by atoms with E-state index < -0.39 is 21.9 Å². The molecule has 0 amide bonds. The smallest absolute Gasteiger partial charge is 0.343 e. The second-order valence-electron chi connectivity index (χ2n) is 5.50. The van der Waals surface area contributed by atoms with Crippen molar-refractivity contribution in [3.63, 3.8) is 0 Å². The SMILES string of the molecule is COc1ccc2c(=O)c(C(=O)O)c(Cc3ccc([N+](=O)[O-])cc3)oc2c1. The van der Waals surface area contributed by atoms with Gasteiger partial charge in [-0.15, -0.1) is 0 Å². The first kappa shape index (κ1) is 17.2. The first-order valence-electron chi connectivity index (χ1n) is 7.51. The molecule has 132 valence electrons. The van der Waals surface area contributed by atoms with Crippen molar-refractivity contribution in [2.75, 3.05) is 7.11 Å². The van der Waals surface area contributed by atoms with Crippen LogP contribution < -0.4 is 10.2 Å². The van der Waals surface area contributed by atoms with Crippen LogP contribution in [0.25, 0.3) is 11.0 Å². The van der Waals surface area contributed by atoms with E-state index in [1.54, 1.807) is 6.07 Å². The highest BCUT2D eigenvalue weighted by atomic mass is 16.6. The highest BCUT2D eigenvalue weighted by Crippen LogP contribution is 2.23. The molecule has 1 heterocycles. The van der Waals surface area contributed by atoms with Crippen molar-refractivity contribution in [1.82, 2.24) is 0 Å². The molecule has 1 aromatic heterocycles. The fourth-order valence-corrected chi connectivity index (χ4v) is 2.61. The van der Waals surface area contributed by atoms with Gasteiger partial charge in [-0.25, -0.2) is 4.79 Å². The van der Waals surface area contributed by atoms with Gasteiger partial charge < -0.3 is 14.3 Å². The predicted octanol–water partition coefficient (Wildman–Crippen LogP) is 3.00. The molecule has 0 bridgehead atoms. The van der Waals surface area contributed by atoms with Gasteiger partial charge in [-0.1, -0.05) is 12.1 Å². The predicted molar refractivity (Wildman–Crippen MR) is 91.9 cm³/mol. The minimum absolute atomic E-state index is 0.00200. The van der Waals surface area contributed by atoms with E-state index in [-0.39, 0.29) is 28.8 Å². The van der Waals surface area contributed by atoms with Crippen molar-refractivity contribution >= 4 is 22.6 Å². The van der Waals surface area contributed by atoms with Gasteiger partial charge in [0.2, 0.25) is 5.43 Å². The second kappa shape index (κ2) is 6.67. The zero-order valence-electron chi connectivity index (χ0n) is 13.6. The van der Waals surface area contributed by atoms with Gasteiger partial charge in [-0.2, -0.15) is 0 Å². The standard InChI is InChI=1S/C18H13NO7/c1-25-12-6-7-13-14(9-12)26-15(16(17(13)20)18(21)22)8-10-2-4-11(5-3-10)19(23)24/h2-7,9H,8H2,1H3,(H,21,22). The Morgan fingerprint density at radius 1 is 1.23 bits per heavy atom. The fraction of sp³-hybridized carbons (Fsp3) is 0.111. The van der Waals surface area contributed by atoms with E-state index in [0.717, 1.165) is 0 Å². The number of ether oxygens (including phenoxy) is 1. The van der Waals surface area contributed by atoms with Gasteiger partial charge in [0.15, 0.2) is 0 Å². The van der Waals surface area contributed by atoms with Gasteiger partial charge in [-0.05, 0) is 17.7 Å². The number of carboxylic acid groups (broad SMARTS) is 1. The summed E-state index contributed by atoms with van der Waals surface area (Å²) in [5, 5.41) is 20.3. The molecule has 0 spiro atoms. The van der Waals surface area contributed by atoms with E-state index in [4.69, 9.17) is 9.15 Å². The number of benzene rings is 2. The summed E-state index contributed by atoms with van der Waals surface area (Å²) in [7, 11) is 1.46. The molecule has 0 aliphatic heterocycles. The Kier molecular flexibility index (Phi) is 4.40. The van der Waals surface area contributed by atoms with Crippen LogP contribution in [0.1, 0.15) is 21.7 Å². The van der Waals surface area contributed by atoms with Crippen LogP contribution in [0.15, 0.2) is 51.7 Å². The summed E-state index contributed by atoms with van der Waals surface area (Å²) in [6.07, 6.45) is 0.00200. The van der Waals surface area contributed by atoms with Crippen LogP contribution in [0.3, 0.4) is 0 Å². The number of rotatable bonds is 5. The molecule has 3 aromatic rings. The zero-order valence-corrected chi connectivity index (χ0v) is 13.6. The van der Waals surface area contributed by atoms with Gasteiger partial charge >= 0.3 is 5.97 Å². The highest BCUT2D eigenvalue weighted by molar-refractivity contribution is 5.93. The lowest BCUT2D eigenvalue weighted by atomic mass is 10.0. The topological polar surface area (TPSA) is 120 Å². The lowest BCUT2D eigenvalue weighted by Crippen LogP contribution is -2.18. The quantitative estimate of drug-likeness (QED) is 0.552. The number of fused-ring (bicyclic) bond motifs is 1. The summed E-state index contributed by atoms with van der Waals surface area (Å²) < 4.78 is 10.8. The Morgan fingerprint density at radius 3 is 2.50 bits per heavy atom. The molecule has 0 radical (unpaired) electrons. The van der Waals surface area contributed by atoms with Crippen molar-refractivity contribution in [3.8, 4) is 5.75 Å². The maximum absolute atomic E-state index is 12.6. The number of nitro groups is 1. The number of non-ortho nitro benzene ring substituents is 1. The van der Waals surface area contributed by atoms with E-state index in [0.29, 0.717) is 11.3 Å². The van der Waals surface area contributed by atoms with E-state index in [1.165, 1.54) is 43.5 Å². The average molecular weight is 355 g/mol. The molecule has 8 heteroatoms. The maximum atomic E-state index is 12.6. The first-order valence-corrected chi connectivity index (χ1v) is 7.51. The fourth-order valence-electron chi connectivity index (χ4n) is 2.61. The van der Waals surface area contributed by atoms with Crippen molar-refractivity contribution in [3.05, 3.63) is 79.7 Å². The minimum atomic E-state index is -1.40. The number of nitro benzene ring substituents is 1. The van der Waals surface area contributed by atoms with Crippen LogP contribution in [0, 0.1) is 10.1 Å². The molecular weight excluding hydrogens is 342 g/mol. The molecule has 3 rings (SSSR count). The summed E-state index contributed by atoms with van der Waals surface area (Å²) in [5.41, 5.74) is -0.420. The van der Waals surface area contributed by atoms with Crippen LogP contribution in [0.5, 0.6) is 5.75 Å². The molecule has 0 saturated carbocycles. The van der Waals surface area contributed by atoms with Crippen LogP contribution in [0.4, 0.5) is 5.69 Å². The third-order valence-corrected chi connectivity index (χ3v) is 3.90. The Bertz CT molecular complexity index is 1070. The molecule has 0 aliphatic rings. The summed E-state index contributed by atoms with van der Waals surface area (Å²) in [5.74, 6) is -0.963. The first-order chi connectivity index (χ1) is 12.4. The Morgan fingerprint density at radius 2 is 1.92 bits per heavy atom. The molecule has 0 atom stereocenters. The van der Waals surface area contributed by atoms with Gasteiger partial charge in [0.05, 0.1) is 17.4 Å². The zero-order chi connectivity index (χ0) is 18.8. The molecule has 26 heavy (non-hydrogen) atoms. The monoisotopic (exact) mass is 355 g/mol. The van der Waals surface area contributed by atoms with Crippen LogP contribution in [-0.2, 0) is 6.42 Å². The number of hydrogen-bond acceptors (Lipinski definition) is 6. The van der Waals surface area contributed by atoms with Gasteiger partial charge in [0.25, 0.3) is 5.69 Å². The molecule has 0 saturated heterocycles. The third-order valence-electron chi connectivity index (χ3n) is 3.90. The van der Waals surface area contributed by atoms with E-state index in [1.807, 2.05) is 0 Å². The Labute approximate surface area is 146 Å². The number of carbonyl (C=O) groups is 1. The summed E-state index contributed by atoms with van der Waals surface area (Å²) >= 11 is 0. The van der Waals surface area contributed by atoms with Gasteiger partial charge in [-0.3, -0.25) is 14.9 Å². The highest BCUT2D eigenvalue weighted by Gasteiger charge is 2.21. The number of aromatic carboxylic acids is 1. The third kappa shape index (κ3) is 3.12. The Hall–Kier alpha value is -3.68.